The number of aromatic amines is 2. The highest BCUT2D eigenvalue weighted by atomic mass is 32.2. The highest BCUT2D eigenvalue weighted by Crippen LogP contribution is 2.35. The van der Waals surface area contributed by atoms with Crippen molar-refractivity contribution in [2.24, 2.45) is 0 Å². The number of hydrogen-bond acceptors (Lipinski definition) is 7. The van der Waals surface area contributed by atoms with Gasteiger partial charge in [-0.2, -0.15) is 5.21 Å². The zero-order chi connectivity index (χ0) is 20.5. The van der Waals surface area contributed by atoms with Crippen LogP contribution < -0.4 is 0 Å². The number of carbonyl (C=O) groups excluding carboxylic acids is 1. The van der Waals surface area contributed by atoms with Crippen LogP contribution in [0.5, 0.6) is 0 Å². The number of nitrogens with one attached hydrogen (secondary N) is 2. The highest BCUT2D eigenvalue weighted by molar-refractivity contribution is 8.26. The molecule has 10 heteroatoms. The number of benzene rings is 1. The van der Waals surface area contributed by atoms with Gasteiger partial charge in [-0.15, -0.1) is 21.5 Å². The zero-order valence-electron chi connectivity index (χ0n) is 15.7. The van der Waals surface area contributed by atoms with E-state index in [1.165, 1.54) is 17.1 Å². The van der Waals surface area contributed by atoms with Crippen LogP contribution in [0.1, 0.15) is 17.1 Å². The number of rotatable bonds is 6. The summed E-state index contributed by atoms with van der Waals surface area (Å²) < 4.78 is 0.592. The molecule has 0 atom stereocenters. The van der Waals surface area contributed by atoms with E-state index in [1.807, 2.05) is 12.3 Å². The fourth-order valence-electron chi connectivity index (χ4n) is 3.32. The van der Waals surface area contributed by atoms with Crippen molar-refractivity contribution in [3.63, 3.8) is 0 Å². The molecule has 0 saturated carbocycles. The summed E-state index contributed by atoms with van der Waals surface area (Å²) in [6, 6.07) is 10.5. The molecule has 1 aromatic carbocycles. The first-order valence-electron chi connectivity index (χ1n) is 9.31. The van der Waals surface area contributed by atoms with Gasteiger partial charge in [-0.25, -0.2) is 0 Å². The van der Waals surface area contributed by atoms with Gasteiger partial charge in [0.25, 0.3) is 5.91 Å². The largest absolute Gasteiger partial charge is 0.361 e. The number of aromatic nitrogens is 5. The number of tetrazole rings is 1. The lowest BCUT2D eigenvalue weighted by Crippen LogP contribution is -2.29. The van der Waals surface area contributed by atoms with Gasteiger partial charge in [-0.3, -0.25) is 9.69 Å². The summed E-state index contributed by atoms with van der Waals surface area (Å²) >= 11 is 8.40. The van der Waals surface area contributed by atoms with E-state index in [0.29, 0.717) is 28.0 Å². The first kappa shape index (κ1) is 19.2. The molecule has 4 aromatic rings. The highest BCUT2D eigenvalue weighted by Gasteiger charge is 2.31. The molecular weight excluding hydrogens is 436 g/mol. The molecule has 0 bridgehead atoms. The maximum absolute atomic E-state index is 12.8. The molecule has 30 heavy (non-hydrogen) atoms. The fraction of sp³-hybridized carbons (Fsp3) is 0.150. The summed E-state index contributed by atoms with van der Waals surface area (Å²) in [6.45, 7) is 0.545. The number of H-pyrrole nitrogens is 2. The Hall–Kier alpha value is -2.82. The molecule has 1 saturated heterocycles. The molecule has 1 aliphatic heterocycles. The Morgan fingerprint density at radius 1 is 1.20 bits per heavy atom. The van der Waals surface area contributed by atoms with E-state index in [0.717, 1.165) is 27.9 Å². The van der Waals surface area contributed by atoms with Crippen molar-refractivity contribution in [2.75, 3.05) is 6.54 Å². The third-order valence-corrected chi connectivity index (χ3v) is 7.08. The van der Waals surface area contributed by atoms with E-state index >= 15 is 0 Å². The van der Waals surface area contributed by atoms with Gasteiger partial charge in [0.05, 0.1) is 4.91 Å². The second-order valence-corrected chi connectivity index (χ2v) is 9.40. The summed E-state index contributed by atoms with van der Waals surface area (Å²) in [5, 5.41) is 17.1. The lowest BCUT2D eigenvalue weighted by atomic mass is 10.1. The second-order valence-electron chi connectivity index (χ2n) is 6.78. The molecule has 7 nitrogen and oxygen atoms in total. The summed E-state index contributed by atoms with van der Waals surface area (Å²) in [4.78, 5) is 19.4. The predicted molar refractivity (Wildman–Crippen MR) is 124 cm³/mol. The van der Waals surface area contributed by atoms with Crippen LogP contribution in [0, 0.1) is 0 Å². The predicted octanol–water partition coefficient (Wildman–Crippen LogP) is 4.24. The molecule has 1 fully saturated rings. The topological polar surface area (TPSA) is 90.6 Å². The third-order valence-electron chi connectivity index (χ3n) is 4.82. The molecule has 1 amide bonds. The van der Waals surface area contributed by atoms with E-state index in [4.69, 9.17) is 12.2 Å². The van der Waals surface area contributed by atoms with Crippen molar-refractivity contribution >= 4 is 62.5 Å². The molecule has 150 valence electrons. The Morgan fingerprint density at radius 3 is 3.00 bits per heavy atom. The van der Waals surface area contributed by atoms with Crippen molar-refractivity contribution in [3.8, 4) is 11.1 Å². The minimum absolute atomic E-state index is 0.0400. The number of thiophene rings is 1. The van der Waals surface area contributed by atoms with E-state index < -0.39 is 0 Å². The van der Waals surface area contributed by atoms with Crippen LogP contribution in [0.2, 0.25) is 0 Å². The normalized spacial score (nSPS) is 15.7. The summed E-state index contributed by atoms with van der Waals surface area (Å²) in [7, 11) is 0. The smallest absolute Gasteiger partial charge is 0.266 e. The Bertz CT molecular complexity index is 1260. The molecule has 0 unspecified atom stereocenters. The molecule has 0 aliphatic carbocycles. The van der Waals surface area contributed by atoms with Crippen molar-refractivity contribution < 1.29 is 4.79 Å². The van der Waals surface area contributed by atoms with Gasteiger partial charge in [0.15, 0.2) is 5.82 Å². The van der Waals surface area contributed by atoms with Gasteiger partial charge in [0, 0.05) is 29.6 Å². The van der Waals surface area contributed by atoms with Crippen LogP contribution in [0.15, 0.2) is 46.8 Å². The van der Waals surface area contributed by atoms with Crippen molar-refractivity contribution in [3.05, 3.63) is 57.5 Å². The van der Waals surface area contributed by atoms with Crippen LogP contribution in [-0.4, -0.2) is 47.3 Å². The van der Waals surface area contributed by atoms with Gasteiger partial charge in [-0.1, -0.05) is 35.3 Å². The van der Waals surface area contributed by atoms with Crippen LogP contribution in [0.3, 0.4) is 0 Å². The average Bonchev–Trinajstić information content (AvgIpc) is 3.53. The van der Waals surface area contributed by atoms with E-state index in [1.54, 1.807) is 16.2 Å². The number of aryl methyl sites for hydroxylation is 1. The number of carbonyl (C=O) groups is 1. The number of nitrogens with zero attached hydrogens (tertiary/aromatic N) is 4. The first-order valence-corrected chi connectivity index (χ1v) is 11.4. The summed E-state index contributed by atoms with van der Waals surface area (Å²) in [5.41, 5.74) is 3.43. The SMILES string of the molecule is O=C1/C(=C/c2cc(-c3ccc4[nH]ccc4c3)cs2)SC(=S)N1CCCc1nn[nH]n1. The number of hydrogen-bond donors (Lipinski definition) is 2. The van der Waals surface area contributed by atoms with E-state index in [9.17, 15) is 4.79 Å². The molecule has 0 radical (unpaired) electrons. The van der Waals surface area contributed by atoms with Gasteiger partial charge in [0.1, 0.15) is 4.32 Å². The molecular formula is C20H16N6OS3. The Balaban J connectivity index is 1.29. The van der Waals surface area contributed by atoms with Gasteiger partial charge >= 0.3 is 0 Å². The molecule has 2 N–H and O–H groups in total. The Morgan fingerprint density at radius 2 is 2.13 bits per heavy atom. The number of fused-ring (bicyclic) bond motifs is 1. The van der Waals surface area contributed by atoms with Crippen LogP contribution in [0.25, 0.3) is 28.1 Å². The maximum atomic E-state index is 12.8. The second kappa shape index (κ2) is 8.13. The monoisotopic (exact) mass is 452 g/mol. The molecule has 3 aromatic heterocycles. The minimum atomic E-state index is -0.0400. The van der Waals surface area contributed by atoms with Gasteiger partial charge < -0.3 is 4.98 Å². The Labute approximate surface area is 185 Å². The van der Waals surface area contributed by atoms with Crippen LogP contribution in [0.4, 0.5) is 0 Å². The first-order chi connectivity index (χ1) is 14.7. The standard InChI is InChI=1S/C20H16N6OS3/c27-19-17(30-20(28)26(19)7-1-2-18-22-24-25-23-18)10-15-9-14(11-29-15)12-3-4-16-13(8-12)5-6-21-16/h3-6,8-11,21H,1-2,7H2,(H,22,23,24,25)/b17-10-. The molecule has 0 spiro atoms. The van der Waals surface area contributed by atoms with Gasteiger partial charge in [-0.05, 0) is 58.7 Å². The van der Waals surface area contributed by atoms with Crippen molar-refractivity contribution in [1.82, 2.24) is 30.5 Å². The number of thiocarbonyl (C=S) groups is 1. The quantitative estimate of drug-likeness (QED) is 0.336. The lowest BCUT2D eigenvalue weighted by Gasteiger charge is -2.13. The van der Waals surface area contributed by atoms with Crippen LogP contribution in [-0.2, 0) is 11.2 Å². The molecule has 1 aliphatic rings. The third kappa shape index (κ3) is 3.81. The van der Waals surface area contributed by atoms with Gasteiger partial charge in [0.2, 0.25) is 0 Å². The number of amides is 1. The Kier molecular flexibility index (Phi) is 5.19. The fourth-order valence-corrected chi connectivity index (χ4v) is 5.54. The number of thioether (sulfide) groups is 1. The summed E-state index contributed by atoms with van der Waals surface area (Å²) in [5.74, 6) is 0.599. The van der Waals surface area contributed by atoms with Crippen LogP contribution >= 0.6 is 35.3 Å². The zero-order valence-corrected chi connectivity index (χ0v) is 18.1. The molecule has 5 rings (SSSR count). The average molecular weight is 453 g/mol. The van der Waals surface area contributed by atoms with E-state index in [2.05, 4.69) is 61.3 Å². The maximum Gasteiger partial charge on any atom is 0.266 e. The van der Waals surface area contributed by atoms with E-state index in [-0.39, 0.29) is 5.91 Å². The van der Waals surface area contributed by atoms with Crippen molar-refractivity contribution in [1.29, 1.82) is 0 Å². The lowest BCUT2D eigenvalue weighted by molar-refractivity contribution is -0.122. The van der Waals surface area contributed by atoms with Crippen molar-refractivity contribution in [2.45, 2.75) is 12.8 Å². The molecule has 4 heterocycles. The summed E-state index contributed by atoms with van der Waals surface area (Å²) in [6.07, 6.45) is 5.25. The minimum Gasteiger partial charge on any atom is -0.361 e.